The van der Waals surface area contributed by atoms with Gasteiger partial charge < -0.3 is 15.4 Å². The predicted molar refractivity (Wildman–Crippen MR) is 86.8 cm³/mol. The minimum atomic E-state index is -0.511. The molecule has 0 aliphatic heterocycles. The molecule has 0 bridgehead atoms. The van der Waals surface area contributed by atoms with Gasteiger partial charge in [-0.3, -0.25) is 14.4 Å². The van der Waals surface area contributed by atoms with Gasteiger partial charge in [-0.1, -0.05) is 17.7 Å². The molecule has 1 unspecified atom stereocenters. The third-order valence-electron chi connectivity index (χ3n) is 2.80. The van der Waals surface area contributed by atoms with Crippen LogP contribution < -0.4 is 10.6 Å². The molecule has 0 spiro atoms. The lowest BCUT2D eigenvalue weighted by Gasteiger charge is -2.11. The van der Waals surface area contributed by atoms with E-state index in [1.807, 2.05) is 31.2 Å². The highest BCUT2D eigenvalue weighted by atomic mass is 32.2. The van der Waals surface area contributed by atoms with Crippen LogP contribution in [0.15, 0.2) is 24.3 Å². The lowest BCUT2D eigenvalue weighted by molar-refractivity contribution is -0.141. The maximum absolute atomic E-state index is 11.8. The van der Waals surface area contributed by atoms with Crippen LogP contribution in [0.4, 0.5) is 5.69 Å². The van der Waals surface area contributed by atoms with Gasteiger partial charge in [0.2, 0.25) is 11.8 Å². The lowest BCUT2D eigenvalue weighted by Crippen LogP contribution is -2.36. The molecule has 0 heterocycles. The van der Waals surface area contributed by atoms with Crippen LogP contribution in [0.5, 0.6) is 0 Å². The highest BCUT2D eigenvalue weighted by Gasteiger charge is 2.16. The number of amides is 2. The predicted octanol–water partition coefficient (Wildman–Crippen LogP) is 1.34. The number of esters is 1. The van der Waals surface area contributed by atoms with E-state index in [4.69, 9.17) is 0 Å². The molecular weight excluding hydrogens is 304 g/mol. The third kappa shape index (κ3) is 6.62. The van der Waals surface area contributed by atoms with E-state index in [2.05, 4.69) is 15.4 Å². The molecule has 6 nitrogen and oxygen atoms in total. The highest BCUT2D eigenvalue weighted by molar-refractivity contribution is 8.01. The Morgan fingerprint density at radius 2 is 1.86 bits per heavy atom. The molecule has 2 amide bonds. The van der Waals surface area contributed by atoms with E-state index in [1.54, 1.807) is 6.92 Å². The van der Waals surface area contributed by atoms with E-state index in [1.165, 1.54) is 18.9 Å². The minimum absolute atomic E-state index is 0.153. The van der Waals surface area contributed by atoms with Crippen molar-refractivity contribution in [2.45, 2.75) is 19.1 Å². The Bertz CT molecular complexity index is 531. The second-order valence-electron chi connectivity index (χ2n) is 4.66. The van der Waals surface area contributed by atoms with Crippen LogP contribution in [0.3, 0.4) is 0 Å². The fourth-order valence-electron chi connectivity index (χ4n) is 1.49. The van der Waals surface area contributed by atoms with Crippen molar-refractivity contribution >= 4 is 35.2 Å². The van der Waals surface area contributed by atoms with Crippen molar-refractivity contribution < 1.29 is 19.1 Å². The number of hydrogen-bond donors (Lipinski definition) is 2. The first-order chi connectivity index (χ1) is 10.4. The van der Waals surface area contributed by atoms with Gasteiger partial charge in [-0.2, -0.15) is 0 Å². The summed E-state index contributed by atoms with van der Waals surface area (Å²) in [5, 5.41) is 4.77. The molecule has 0 saturated heterocycles. The molecule has 1 aromatic carbocycles. The van der Waals surface area contributed by atoms with E-state index >= 15 is 0 Å². The van der Waals surface area contributed by atoms with Crippen molar-refractivity contribution in [3.63, 3.8) is 0 Å². The first-order valence-corrected chi connectivity index (χ1v) is 7.80. The number of ether oxygens (including phenoxy) is 1. The van der Waals surface area contributed by atoms with Crippen LogP contribution >= 0.6 is 11.8 Å². The van der Waals surface area contributed by atoms with Gasteiger partial charge in [0.25, 0.3) is 0 Å². The Morgan fingerprint density at radius 3 is 2.45 bits per heavy atom. The summed E-state index contributed by atoms with van der Waals surface area (Å²) < 4.78 is 4.43. The molecule has 120 valence electrons. The summed E-state index contributed by atoms with van der Waals surface area (Å²) in [5.74, 6) is -0.844. The van der Waals surface area contributed by atoms with Gasteiger partial charge in [0.1, 0.15) is 6.54 Å². The zero-order valence-corrected chi connectivity index (χ0v) is 13.7. The Labute approximate surface area is 134 Å². The number of hydrogen-bond acceptors (Lipinski definition) is 5. The SMILES string of the molecule is COC(=O)CNC(=O)C(C)SCC(=O)Nc1ccc(C)cc1. The van der Waals surface area contributed by atoms with Gasteiger partial charge >= 0.3 is 5.97 Å². The molecule has 22 heavy (non-hydrogen) atoms. The first-order valence-electron chi connectivity index (χ1n) is 6.75. The molecular formula is C15H20N2O4S. The summed E-state index contributed by atoms with van der Waals surface area (Å²) in [4.78, 5) is 34.4. The molecule has 1 rings (SSSR count). The first kappa shape index (κ1) is 18.0. The Hall–Kier alpha value is -2.02. The van der Waals surface area contributed by atoms with Gasteiger partial charge in [0.15, 0.2) is 0 Å². The summed E-state index contributed by atoms with van der Waals surface area (Å²) >= 11 is 1.20. The molecule has 0 fully saturated rings. The highest BCUT2D eigenvalue weighted by Crippen LogP contribution is 2.13. The summed E-state index contributed by atoms with van der Waals surface area (Å²) in [6, 6.07) is 7.46. The van der Waals surface area contributed by atoms with Crippen LogP contribution in [0.25, 0.3) is 0 Å². The van der Waals surface area contributed by atoms with Crippen molar-refractivity contribution in [3.8, 4) is 0 Å². The molecule has 0 aliphatic rings. The van der Waals surface area contributed by atoms with E-state index in [0.29, 0.717) is 0 Å². The number of thioether (sulfide) groups is 1. The number of methoxy groups -OCH3 is 1. The lowest BCUT2D eigenvalue weighted by atomic mass is 10.2. The quantitative estimate of drug-likeness (QED) is 0.740. The van der Waals surface area contributed by atoms with Gasteiger partial charge in [0, 0.05) is 5.69 Å². The van der Waals surface area contributed by atoms with Crippen molar-refractivity contribution in [1.29, 1.82) is 0 Å². The van der Waals surface area contributed by atoms with Crippen molar-refractivity contribution in [2.24, 2.45) is 0 Å². The standard InChI is InChI=1S/C15H20N2O4S/c1-10-4-6-12(7-5-10)17-13(18)9-22-11(2)15(20)16-8-14(19)21-3/h4-7,11H,8-9H2,1-3H3,(H,16,20)(H,17,18). The number of benzene rings is 1. The largest absolute Gasteiger partial charge is 0.468 e. The topological polar surface area (TPSA) is 84.5 Å². The Balaban J connectivity index is 2.32. The Kier molecular flexibility index (Phi) is 7.45. The van der Waals surface area contributed by atoms with E-state index < -0.39 is 11.2 Å². The molecule has 7 heteroatoms. The fourth-order valence-corrected chi connectivity index (χ4v) is 2.19. The summed E-state index contributed by atoms with van der Waals surface area (Å²) in [7, 11) is 1.25. The average molecular weight is 324 g/mol. The van der Waals surface area contributed by atoms with Crippen LogP contribution in [0.2, 0.25) is 0 Å². The van der Waals surface area contributed by atoms with Crippen molar-refractivity contribution in [3.05, 3.63) is 29.8 Å². The fraction of sp³-hybridized carbons (Fsp3) is 0.400. The number of carbonyl (C=O) groups is 3. The van der Waals surface area contributed by atoms with Gasteiger partial charge in [-0.05, 0) is 26.0 Å². The average Bonchev–Trinajstić information content (AvgIpc) is 2.52. The second-order valence-corrected chi connectivity index (χ2v) is 5.99. The molecule has 0 aliphatic carbocycles. The van der Waals surface area contributed by atoms with Crippen LogP contribution in [0.1, 0.15) is 12.5 Å². The van der Waals surface area contributed by atoms with Crippen LogP contribution in [-0.4, -0.2) is 42.4 Å². The van der Waals surface area contributed by atoms with Crippen LogP contribution in [-0.2, 0) is 19.1 Å². The van der Waals surface area contributed by atoms with Gasteiger partial charge in [-0.15, -0.1) is 11.8 Å². The monoisotopic (exact) mass is 324 g/mol. The number of carbonyl (C=O) groups excluding carboxylic acids is 3. The smallest absolute Gasteiger partial charge is 0.325 e. The molecule has 2 N–H and O–H groups in total. The molecule has 0 aromatic heterocycles. The summed E-state index contributed by atoms with van der Waals surface area (Å²) in [6.07, 6.45) is 0. The number of nitrogens with one attached hydrogen (secondary N) is 2. The minimum Gasteiger partial charge on any atom is -0.468 e. The Morgan fingerprint density at radius 1 is 1.23 bits per heavy atom. The zero-order chi connectivity index (χ0) is 16.5. The number of aryl methyl sites for hydroxylation is 1. The summed E-state index contributed by atoms with van der Waals surface area (Å²) in [5.41, 5.74) is 1.84. The summed E-state index contributed by atoms with van der Waals surface area (Å²) in [6.45, 7) is 3.47. The van der Waals surface area contributed by atoms with Crippen molar-refractivity contribution in [2.75, 3.05) is 24.7 Å². The molecule has 0 saturated carbocycles. The maximum atomic E-state index is 11.8. The van der Waals surface area contributed by atoms with E-state index in [-0.39, 0.29) is 24.1 Å². The van der Waals surface area contributed by atoms with Gasteiger partial charge in [-0.25, -0.2) is 0 Å². The normalized spacial score (nSPS) is 11.4. The number of rotatable bonds is 7. The molecule has 1 atom stereocenters. The molecule has 0 radical (unpaired) electrons. The maximum Gasteiger partial charge on any atom is 0.325 e. The van der Waals surface area contributed by atoms with Gasteiger partial charge in [0.05, 0.1) is 18.1 Å². The van der Waals surface area contributed by atoms with E-state index in [9.17, 15) is 14.4 Å². The van der Waals surface area contributed by atoms with E-state index in [0.717, 1.165) is 11.3 Å². The second kappa shape index (κ2) is 9.09. The van der Waals surface area contributed by atoms with Crippen molar-refractivity contribution in [1.82, 2.24) is 5.32 Å². The molecule has 1 aromatic rings. The third-order valence-corrected chi connectivity index (χ3v) is 3.95. The van der Waals surface area contributed by atoms with Crippen LogP contribution in [0, 0.1) is 6.92 Å². The number of anilines is 1. The zero-order valence-electron chi connectivity index (χ0n) is 12.8.